The summed E-state index contributed by atoms with van der Waals surface area (Å²) < 4.78 is 0. The summed E-state index contributed by atoms with van der Waals surface area (Å²) in [5.41, 5.74) is 21.7. The first kappa shape index (κ1) is 54.1. The molecule has 0 unspecified atom stereocenters. The van der Waals surface area contributed by atoms with Crippen LogP contribution in [0.15, 0.2) is 255 Å². The highest BCUT2D eigenvalue weighted by molar-refractivity contribution is 6.05. The molecular weight excluding hydrogens is 1100 g/mol. The SMILES string of the molecule is CC1(C)c2cc(C=Cc3ccc4c(c3)C(C)(C)c3cc(N(c5nccc6ccccc56)c5nccc6ccccc56)ccc3-4)ccc2-c2ccc(C=Cc3ccc4c(c3)C(C)(C)c3cc(N(c5nccc6ccccc56)c5nccc6ccccc56)ccc3-4)cc21. The highest BCUT2D eigenvalue weighted by Crippen LogP contribution is 2.55. The van der Waals surface area contributed by atoms with E-state index in [1.165, 1.54) is 89.0 Å². The Bertz CT molecular complexity index is 4920. The first-order valence-corrected chi connectivity index (χ1v) is 31.6. The fraction of sp³-hybridized carbons (Fsp3) is 0.106. The summed E-state index contributed by atoms with van der Waals surface area (Å²) in [6.45, 7) is 14.2. The number of anilines is 6. The largest absolute Gasteiger partial charge is 0.278 e. The van der Waals surface area contributed by atoms with E-state index in [9.17, 15) is 0 Å². The van der Waals surface area contributed by atoms with Gasteiger partial charge in [-0.2, -0.15) is 0 Å². The van der Waals surface area contributed by atoms with Gasteiger partial charge < -0.3 is 0 Å². The van der Waals surface area contributed by atoms with Gasteiger partial charge in [0, 0.05) is 74.0 Å². The van der Waals surface area contributed by atoms with Gasteiger partial charge in [0.1, 0.15) is 23.3 Å². The van der Waals surface area contributed by atoms with Gasteiger partial charge in [-0.1, -0.05) is 248 Å². The van der Waals surface area contributed by atoms with E-state index in [0.717, 1.165) is 77.7 Å². The zero-order valence-electron chi connectivity index (χ0n) is 51.7. The van der Waals surface area contributed by atoms with Crippen molar-refractivity contribution in [2.75, 3.05) is 9.80 Å². The summed E-state index contributed by atoms with van der Waals surface area (Å²) >= 11 is 0. The standard InChI is InChI=1S/C85H64N6/c1-83(2)73-47-53(23-25-55-29-35-69-71-37-31-61(51-77(71)84(3,4)75(69)49-55)90(79-63-19-11-7-15-57(63)39-43-86-79)80-64-20-12-8-16-58(64)40-44-87-80)27-33-67(73)68-34-28-54(48-74(68)83)24-26-56-30-36-70-72-38-32-62(52-78(72)85(5,6)76(70)50-56)91(81-65-21-13-9-17-59(65)41-45-88-81)82-66-22-14-10-18-60(66)42-46-89-82/h7-52H,1-6H3. The first-order valence-electron chi connectivity index (χ1n) is 31.6. The van der Waals surface area contributed by atoms with Gasteiger partial charge in [0.15, 0.2) is 0 Å². The molecule has 6 heteroatoms. The summed E-state index contributed by atoms with van der Waals surface area (Å²) in [5, 5.41) is 8.83. The molecule has 4 heterocycles. The number of fused-ring (bicyclic) bond motifs is 13. The predicted octanol–water partition coefficient (Wildman–Crippen LogP) is 22.1. The third-order valence-electron chi connectivity index (χ3n) is 20.0. The van der Waals surface area contributed by atoms with Gasteiger partial charge in [-0.15, -0.1) is 0 Å². The Morgan fingerprint density at radius 3 is 0.747 bits per heavy atom. The molecule has 0 saturated heterocycles. The predicted molar refractivity (Wildman–Crippen MR) is 380 cm³/mol. The number of aromatic nitrogens is 4. The third kappa shape index (κ3) is 8.61. The van der Waals surface area contributed by atoms with Gasteiger partial charge in [-0.3, -0.25) is 9.80 Å². The molecule has 3 aliphatic rings. The van der Waals surface area contributed by atoms with Crippen LogP contribution < -0.4 is 9.80 Å². The maximum Gasteiger partial charge on any atom is 0.146 e. The molecule has 0 N–H and O–H groups in total. The fourth-order valence-electron chi connectivity index (χ4n) is 15.2. The minimum atomic E-state index is -0.262. The molecule has 0 amide bonds. The van der Waals surface area contributed by atoms with Crippen LogP contribution in [0.2, 0.25) is 0 Å². The van der Waals surface area contributed by atoms with E-state index in [0.29, 0.717) is 0 Å². The molecule has 6 nitrogen and oxygen atoms in total. The highest BCUT2D eigenvalue weighted by atomic mass is 15.2. The van der Waals surface area contributed by atoms with E-state index in [1.807, 2.05) is 24.8 Å². The normalized spacial score (nSPS) is 14.4. The Hall–Kier alpha value is -11.1. The second kappa shape index (κ2) is 20.5. The van der Waals surface area contributed by atoms with Crippen molar-refractivity contribution < 1.29 is 0 Å². The lowest BCUT2D eigenvalue weighted by molar-refractivity contribution is 0.660. The number of nitrogens with zero attached hydrogens (tertiary/aromatic N) is 6. The molecule has 14 aromatic rings. The van der Waals surface area contributed by atoms with Crippen LogP contribution in [-0.2, 0) is 16.2 Å². The Labute approximate surface area is 530 Å². The van der Waals surface area contributed by atoms with Gasteiger partial charge >= 0.3 is 0 Å². The number of benzene rings is 10. The second-order valence-electron chi connectivity index (χ2n) is 26.3. The minimum Gasteiger partial charge on any atom is -0.278 e. The Balaban J connectivity index is 0.628. The molecule has 91 heavy (non-hydrogen) atoms. The third-order valence-corrected chi connectivity index (χ3v) is 20.0. The van der Waals surface area contributed by atoms with Gasteiger partial charge in [0.25, 0.3) is 0 Å². The maximum absolute atomic E-state index is 5.06. The molecule has 434 valence electrons. The number of pyridine rings is 4. The van der Waals surface area contributed by atoms with Crippen molar-refractivity contribution in [3.63, 3.8) is 0 Å². The molecule has 0 aliphatic heterocycles. The smallest absolute Gasteiger partial charge is 0.146 e. The molecule has 17 rings (SSSR count). The van der Waals surface area contributed by atoms with E-state index in [1.54, 1.807) is 0 Å². The van der Waals surface area contributed by atoms with E-state index < -0.39 is 0 Å². The van der Waals surface area contributed by atoms with Crippen LogP contribution >= 0.6 is 0 Å². The van der Waals surface area contributed by atoms with Crippen molar-refractivity contribution in [1.29, 1.82) is 0 Å². The van der Waals surface area contributed by atoms with Crippen LogP contribution in [0.5, 0.6) is 0 Å². The van der Waals surface area contributed by atoms with Gasteiger partial charge in [-0.05, 0) is 159 Å². The topological polar surface area (TPSA) is 58.0 Å². The average Bonchev–Trinajstić information content (AvgIpc) is 1.69. The quantitative estimate of drug-likeness (QED) is 0.127. The van der Waals surface area contributed by atoms with Crippen molar-refractivity contribution in [2.24, 2.45) is 0 Å². The molecule has 4 aromatic heterocycles. The van der Waals surface area contributed by atoms with E-state index in [4.69, 9.17) is 19.9 Å². The van der Waals surface area contributed by atoms with Crippen molar-refractivity contribution in [2.45, 2.75) is 57.8 Å². The Kier molecular flexibility index (Phi) is 12.2. The molecular formula is C85H64N6. The lowest BCUT2D eigenvalue weighted by Crippen LogP contribution is -2.18. The zero-order valence-corrected chi connectivity index (χ0v) is 51.7. The lowest BCUT2D eigenvalue weighted by atomic mass is 9.81. The number of hydrogen-bond acceptors (Lipinski definition) is 6. The summed E-state index contributed by atoms with van der Waals surface area (Å²) in [6.07, 6.45) is 16.8. The average molecular weight is 1170 g/mol. The summed E-state index contributed by atoms with van der Waals surface area (Å²) in [6, 6.07) is 84.1. The summed E-state index contributed by atoms with van der Waals surface area (Å²) in [5.74, 6) is 3.42. The number of rotatable bonds is 10. The van der Waals surface area contributed by atoms with Crippen LogP contribution in [0, 0.1) is 0 Å². The highest BCUT2D eigenvalue weighted by Gasteiger charge is 2.39. The molecule has 3 aliphatic carbocycles. The minimum absolute atomic E-state index is 0.186. The van der Waals surface area contributed by atoms with Crippen molar-refractivity contribution in [1.82, 2.24) is 19.9 Å². The van der Waals surface area contributed by atoms with Crippen LogP contribution in [0.25, 0.3) is 101 Å². The molecule has 0 atom stereocenters. The van der Waals surface area contributed by atoms with E-state index in [2.05, 4.69) is 306 Å². The first-order chi connectivity index (χ1) is 44.4. The molecule has 0 bridgehead atoms. The lowest BCUT2D eigenvalue weighted by Gasteiger charge is -2.28. The summed E-state index contributed by atoms with van der Waals surface area (Å²) in [7, 11) is 0. The Morgan fingerprint density at radius 1 is 0.253 bits per heavy atom. The van der Waals surface area contributed by atoms with Crippen molar-refractivity contribution in [3.8, 4) is 33.4 Å². The van der Waals surface area contributed by atoms with E-state index in [-0.39, 0.29) is 16.2 Å². The van der Waals surface area contributed by atoms with Crippen LogP contribution in [-0.4, -0.2) is 19.9 Å². The van der Waals surface area contributed by atoms with Gasteiger partial charge in [0.05, 0.1) is 0 Å². The summed E-state index contributed by atoms with van der Waals surface area (Å²) in [4.78, 5) is 24.8. The zero-order chi connectivity index (χ0) is 61.3. The molecule has 0 fully saturated rings. The van der Waals surface area contributed by atoms with Gasteiger partial charge in [-0.25, -0.2) is 19.9 Å². The number of hydrogen-bond donors (Lipinski definition) is 0. The van der Waals surface area contributed by atoms with Crippen LogP contribution in [0.3, 0.4) is 0 Å². The fourth-order valence-corrected chi connectivity index (χ4v) is 15.2. The molecule has 0 spiro atoms. The monoisotopic (exact) mass is 1170 g/mol. The van der Waals surface area contributed by atoms with E-state index >= 15 is 0 Å². The van der Waals surface area contributed by atoms with Crippen LogP contribution in [0.4, 0.5) is 34.6 Å². The maximum atomic E-state index is 5.06. The molecule has 0 radical (unpaired) electrons. The van der Waals surface area contributed by atoms with Gasteiger partial charge in [0.2, 0.25) is 0 Å². The van der Waals surface area contributed by atoms with Crippen molar-refractivity contribution >= 4 is 102 Å². The Morgan fingerprint density at radius 2 is 0.484 bits per heavy atom. The van der Waals surface area contributed by atoms with Crippen LogP contribution in [0.1, 0.15) is 97.2 Å². The second-order valence-corrected chi connectivity index (χ2v) is 26.3. The molecule has 0 saturated carbocycles. The van der Waals surface area contributed by atoms with Crippen molar-refractivity contribution in [3.05, 3.63) is 311 Å². The molecule has 10 aromatic carbocycles.